The molecule has 3 nitrogen and oxygen atoms in total. The van der Waals surface area contributed by atoms with Crippen molar-refractivity contribution < 1.29 is 4.92 Å². The molecule has 0 saturated heterocycles. The summed E-state index contributed by atoms with van der Waals surface area (Å²) < 4.78 is 0. The van der Waals surface area contributed by atoms with E-state index < -0.39 is 4.92 Å². The number of nitrogens with zero attached hydrogens (tertiary/aromatic N) is 1. The zero-order chi connectivity index (χ0) is 8.43. The zero-order valence-corrected chi connectivity index (χ0v) is 6.84. The summed E-state index contributed by atoms with van der Waals surface area (Å²) >= 11 is 3.97. The summed E-state index contributed by atoms with van der Waals surface area (Å²) in [7, 11) is 0. The Kier molecular flexibility index (Phi) is 2.14. The number of benzene rings is 1. The molecule has 0 aliphatic heterocycles. The molecule has 1 aromatic carbocycles. The molecule has 1 rings (SSSR count). The third-order valence-corrected chi connectivity index (χ3v) is 1.76. The molecule has 0 atom stereocenters. The molecule has 0 N–H and O–H groups in total. The highest BCUT2D eigenvalue weighted by Crippen LogP contribution is 2.25. The van der Waals surface area contributed by atoms with Gasteiger partial charge in [-0.1, -0.05) is 12.1 Å². The standard InChI is InChI=1S/C7H7NO2S/c1-5-3-2-4-6(11)7(5)8(9)10/h2-4,11H,1H3. The van der Waals surface area contributed by atoms with E-state index in [-0.39, 0.29) is 5.69 Å². The van der Waals surface area contributed by atoms with Gasteiger partial charge in [-0.2, -0.15) is 0 Å². The highest BCUT2D eigenvalue weighted by Gasteiger charge is 2.12. The van der Waals surface area contributed by atoms with Crippen LogP contribution in [0, 0.1) is 17.0 Å². The van der Waals surface area contributed by atoms with Gasteiger partial charge in [-0.15, -0.1) is 12.6 Å². The van der Waals surface area contributed by atoms with Crippen molar-refractivity contribution in [2.24, 2.45) is 0 Å². The van der Waals surface area contributed by atoms with Gasteiger partial charge in [0.15, 0.2) is 0 Å². The average molecular weight is 169 g/mol. The van der Waals surface area contributed by atoms with E-state index in [0.29, 0.717) is 10.5 Å². The fraction of sp³-hybridized carbons (Fsp3) is 0.143. The van der Waals surface area contributed by atoms with Crippen LogP contribution in [0.15, 0.2) is 23.1 Å². The molecule has 0 aromatic heterocycles. The van der Waals surface area contributed by atoms with E-state index in [1.54, 1.807) is 25.1 Å². The second kappa shape index (κ2) is 2.92. The lowest BCUT2D eigenvalue weighted by Crippen LogP contribution is -1.92. The first-order valence-corrected chi connectivity index (χ1v) is 3.50. The maximum Gasteiger partial charge on any atom is 0.285 e. The Morgan fingerprint density at radius 1 is 1.55 bits per heavy atom. The van der Waals surface area contributed by atoms with E-state index in [1.807, 2.05) is 0 Å². The summed E-state index contributed by atoms with van der Waals surface area (Å²) in [4.78, 5) is 10.4. The molecule has 0 bridgehead atoms. The minimum absolute atomic E-state index is 0.0934. The lowest BCUT2D eigenvalue weighted by molar-refractivity contribution is -0.388. The molecule has 0 aliphatic rings. The number of nitro groups is 1. The molecular formula is C7H7NO2S. The SMILES string of the molecule is Cc1cccc(S)c1[N+](=O)[O-]. The first kappa shape index (κ1) is 8.07. The summed E-state index contributed by atoms with van der Waals surface area (Å²) in [6.07, 6.45) is 0. The molecule has 4 heteroatoms. The van der Waals surface area contributed by atoms with Gasteiger partial charge in [-0.3, -0.25) is 10.1 Å². The van der Waals surface area contributed by atoms with Crippen LogP contribution in [0.5, 0.6) is 0 Å². The number of thiol groups is 1. The predicted octanol–water partition coefficient (Wildman–Crippen LogP) is 2.19. The third kappa shape index (κ3) is 1.51. The highest BCUT2D eigenvalue weighted by atomic mass is 32.1. The largest absolute Gasteiger partial charge is 0.285 e. The van der Waals surface area contributed by atoms with E-state index in [0.717, 1.165) is 0 Å². The minimum Gasteiger partial charge on any atom is -0.258 e. The Bertz CT molecular complexity index is 278. The number of rotatable bonds is 1. The summed E-state index contributed by atoms with van der Waals surface area (Å²) in [5.41, 5.74) is 0.735. The number of nitro benzene ring substituents is 1. The molecule has 0 amide bonds. The maximum absolute atomic E-state index is 10.4. The number of para-hydroxylation sites is 1. The second-order valence-electron chi connectivity index (χ2n) is 2.20. The molecule has 0 unspecified atom stereocenters. The summed E-state index contributed by atoms with van der Waals surface area (Å²) in [5.74, 6) is 0. The van der Waals surface area contributed by atoms with Crippen molar-refractivity contribution in [3.63, 3.8) is 0 Å². The lowest BCUT2D eigenvalue weighted by atomic mass is 10.2. The minimum atomic E-state index is -0.419. The van der Waals surface area contributed by atoms with Crippen LogP contribution in [0.4, 0.5) is 5.69 Å². The quantitative estimate of drug-likeness (QED) is 0.398. The first-order chi connectivity index (χ1) is 5.13. The van der Waals surface area contributed by atoms with E-state index in [1.165, 1.54) is 0 Å². The van der Waals surface area contributed by atoms with Crippen molar-refractivity contribution in [1.82, 2.24) is 0 Å². The third-order valence-electron chi connectivity index (χ3n) is 1.40. The van der Waals surface area contributed by atoms with Gasteiger partial charge in [-0.25, -0.2) is 0 Å². The van der Waals surface area contributed by atoms with Crippen LogP contribution in [-0.4, -0.2) is 4.92 Å². The summed E-state index contributed by atoms with van der Waals surface area (Å²) in [5, 5.41) is 10.4. The van der Waals surface area contributed by atoms with Gasteiger partial charge in [0.2, 0.25) is 0 Å². The van der Waals surface area contributed by atoms with Crippen molar-refractivity contribution in [3.05, 3.63) is 33.9 Å². The molecular weight excluding hydrogens is 162 g/mol. The van der Waals surface area contributed by atoms with Crippen LogP contribution in [-0.2, 0) is 0 Å². The topological polar surface area (TPSA) is 43.1 Å². The van der Waals surface area contributed by atoms with Gasteiger partial charge < -0.3 is 0 Å². The second-order valence-corrected chi connectivity index (χ2v) is 2.68. The Morgan fingerprint density at radius 3 is 2.55 bits per heavy atom. The Labute approximate surface area is 69.6 Å². The van der Waals surface area contributed by atoms with E-state index >= 15 is 0 Å². The summed E-state index contributed by atoms with van der Waals surface area (Å²) in [6.45, 7) is 1.69. The van der Waals surface area contributed by atoms with Crippen molar-refractivity contribution >= 4 is 18.3 Å². The molecule has 0 fully saturated rings. The first-order valence-electron chi connectivity index (χ1n) is 3.06. The lowest BCUT2D eigenvalue weighted by Gasteiger charge is -1.97. The number of hydrogen-bond donors (Lipinski definition) is 1. The predicted molar refractivity (Wildman–Crippen MR) is 45.1 cm³/mol. The van der Waals surface area contributed by atoms with Gasteiger partial charge in [0, 0.05) is 5.56 Å². The molecule has 1 aromatic rings. The fourth-order valence-corrected chi connectivity index (χ4v) is 1.23. The van der Waals surface area contributed by atoms with Crippen LogP contribution in [0.25, 0.3) is 0 Å². The molecule has 0 saturated carbocycles. The molecule has 0 heterocycles. The monoisotopic (exact) mass is 169 g/mol. The van der Waals surface area contributed by atoms with Crippen molar-refractivity contribution in [3.8, 4) is 0 Å². The molecule has 11 heavy (non-hydrogen) atoms. The van der Waals surface area contributed by atoms with Crippen LogP contribution in [0.1, 0.15) is 5.56 Å². The molecule has 58 valence electrons. The van der Waals surface area contributed by atoms with E-state index in [9.17, 15) is 10.1 Å². The van der Waals surface area contributed by atoms with Gasteiger partial charge in [0.05, 0.1) is 9.82 Å². The van der Waals surface area contributed by atoms with Crippen molar-refractivity contribution in [1.29, 1.82) is 0 Å². The number of hydrogen-bond acceptors (Lipinski definition) is 3. The van der Waals surface area contributed by atoms with E-state index in [4.69, 9.17) is 0 Å². The van der Waals surface area contributed by atoms with Gasteiger partial charge in [-0.05, 0) is 13.0 Å². The molecule has 0 aliphatic carbocycles. The van der Waals surface area contributed by atoms with Crippen LogP contribution in [0.3, 0.4) is 0 Å². The Hall–Kier alpha value is -1.03. The Morgan fingerprint density at radius 2 is 2.18 bits per heavy atom. The van der Waals surface area contributed by atoms with Crippen LogP contribution < -0.4 is 0 Å². The van der Waals surface area contributed by atoms with Crippen LogP contribution >= 0.6 is 12.6 Å². The van der Waals surface area contributed by atoms with Gasteiger partial charge >= 0.3 is 0 Å². The maximum atomic E-state index is 10.4. The number of aryl methyl sites for hydroxylation is 1. The summed E-state index contributed by atoms with van der Waals surface area (Å²) in [6, 6.07) is 5.04. The smallest absolute Gasteiger partial charge is 0.258 e. The normalized spacial score (nSPS) is 9.64. The highest BCUT2D eigenvalue weighted by molar-refractivity contribution is 7.80. The van der Waals surface area contributed by atoms with Crippen LogP contribution in [0.2, 0.25) is 0 Å². The van der Waals surface area contributed by atoms with Crippen molar-refractivity contribution in [2.45, 2.75) is 11.8 Å². The molecule has 0 spiro atoms. The van der Waals surface area contributed by atoms with Gasteiger partial charge in [0.25, 0.3) is 5.69 Å². The average Bonchev–Trinajstić information content (AvgIpc) is 1.85. The zero-order valence-electron chi connectivity index (χ0n) is 5.94. The molecule has 0 radical (unpaired) electrons. The van der Waals surface area contributed by atoms with Crippen molar-refractivity contribution in [2.75, 3.05) is 0 Å². The Balaban J connectivity index is 3.32. The van der Waals surface area contributed by atoms with Gasteiger partial charge in [0.1, 0.15) is 0 Å². The fourth-order valence-electron chi connectivity index (χ4n) is 0.881. The van der Waals surface area contributed by atoms with E-state index in [2.05, 4.69) is 12.6 Å².